The third-order valence-corrected chi connectivity index (χ3v) is 6.07. The van der Waals surface area contributed by atoms with E-state index < -0.39 is 11.6 Å². The van der Waals surface area contributed by atoms with E-state index in [9.17, 15) is 13.6 Å². The van der Waals surface area contributed by atoms with E-state index in [-0.39, 0.29) is 23.4 Å². The highest BCUT2D eigenvalue weighted by molar-refractivity contribution is 5.84. The van der Waals surface area contributed by atoms with Gasteiger partial charge >= 0.3 is 0 Å². The summed E-state index contributed by atoms with van der Waals surface area (Å²) in [6.07, 6.45) is 7.36. The van der Waals surface area contributed by atoms with Gasteiger partial charge in [0.25, 0.3) is 0 Å². The first kappa shape index (κ1) is 19.1. The second kappa shape index (κ2) is 7.99. The van der Waals surface area contributed by atoms with Crippen LogP contribution >= 0.6 is 0 Å². The first-order chi connectivity index (χ1) is 13.6. The van der Waals surface area contributed by atoms with Crippen LogP contribution in [0.1, 0.15) is 31.2 Å². The molecular formula is C21H26F2N4O. The molecule has 1 aromatic heterocycles. The molecule has 28 heavy (non-hydrogen) atoms. The lowest BCUT2D eigenvalue weighted by Gasteiger charge is -2.39. The second-order valence-corrected chi connectivity index (χ2v) is 7.97. The summed E-state index contributed by atoms with van der Waals surface area (Å²) < 4.78 is 29.5. The highest BCUT2D eigenvalue weighted by Crippen LogP contribution is 2.40. The molecule has 1 amide bonds. The SMILES string of the molecule is O=C1N(Cc2cccc(F)c2F)CCCC12CCN(CCCn1cccn1)C2. The van der Waals surface area contributed by atoms with Crippen molar-refractivity contribution in [1.29, 1.82) is 0 Å². The molecule has 5 nitrogen and oxygen atoms in total. The molecule has 2 saturated heterocycles. The van der Waals surface area contributed by atoms with Gasteiger partial charge in [-0.1, -0.05) is 12.1 Å². The van der Waals surface area contributed by atoms with Crippen molar-refractivity contribution in [3.05, 3.63) is 53.9 Å². The van der Waals surface area contributed by atoms with E-state index in [1.165, 1.54) is 6.07 Å². The molecule has 1 aromatic carbocycles. The van der Waals surface area contributed by atoms with Gasteiger partial charge in [-0.05, 0) is 50.9 Å². The first-order valence-electron chi connectivity index (χ1n) is 9.99. The Balaban J connectivity index is 1.36. The number of likely N-dealkylation sites (tertiary alicyclic amines) is 2. The van der Waals surface area contributed by atoms with Crippen molar-refractivity contribution >= 4 is 5.91 Å². The van der Waals surface area contributed by atoms with Gasteiger partial charge in [0.2, 0.25) is 5.91 Å². The maximum Gasteiger partial charge on any atom is 0.230 e. The van der Waals surface area contributed by atoms with Crippen LogP contribution in [0.25, 0.3) is 0 Å². The topological polar surface area (TPSA) is 41.4 Å². The molecule has 3 heterocycles. The lowest BCUT2D eigenvalue weighted by atomic mass is 9.78. The number of hydrogen-bond acceptors (Lipinski definition) is 3. The smallest absolute Gasteiger partial charge is 0.230 e. The van der Waals surface area contributed by atoms with Crippen LogP contribution in [0.4, 0.5) is 8.78 Å². The minimum Gasteiger partial charge on any atom is -0.338 e. The number of piperidine rings is 1. The zero-order valence-corrected chi connectivity index (χ0v) is 16.0. The number of hydrogen-bond donors (Lipinski definition) is 0. The fraction of sp³-hybridized carbons (Fsp3) is 0.524. The summed E-state index contributed by atoms with van der Waals surface area (Å²) in [7, 11) is 0. The average Bonchev–Trinajstić information content (AvgIpc) is 3.34. The predicted molar refractivity (Wildman–Crippen MR) is 101 cm³/mol. The van der Waals surface area contributed by atoms with Crippen molar-refractivity contribution in [2.45, 2.75) is 38.8 Å². The molecule has 7 heteroatoms. The Morgan fingerprint density at radius 3 is 2.82 bits per heavy atom. The van der Waals surface area contributed by atoms with Crippen LogP contribution in [0, 0.1) is 17.0 Å². The molecule has 1 atom stereocenters. The molecule has 2 fully saturated rings. The molecule has 0 radical (unpaired) electrons. The monoisotopic (exact) mass is 388 g/mol. The standard InChI is InChI=1S/C21H26F2N4O/c22-18-6-1-5-17(19(18)23)15-26-11-2-7-21(20(26)28)8-14-25(16-21)10-4-13-27-12-3-9-24-27/h1,3,5-6,9,12H,2,4,7-8,10-11,13-16H2. The van der Waals surface area contributed by atoms with E-state index >= 15 is 0 Å². The van der Waals surface area contributed by atoms with Gasteiger partial charge in [-0.3, -0.25) is 9.48 Å². The van der Waals surface area contributed by atoms with Crippen LogP contribution in [-0.4, -0.2) is 51.7 Å². The van der Waals surface area contributed by atoms with Gasteiger partial charge in [0.05, 0.1) is 5.41 Å². The van der Waals surface area contributed by atoms with E-state index in [1.54, 1.807) is 17.2 Å². The fourth-order valence-corrected chi connectivity index (χ4v) is 4.60. The minimum absolute atomic E-state index is 0.0944. The van der Waals surface area contributed by atoms with E-state index in [0.29, 0.717) is 6.54 Å². The average molecular weight is 388 g/mol. The number of nitrogens with zero attached hydrogens (tertiary/aromatic N) is 4. The molecule has 2 aliphatic rings. The maximum atomic E-state index is 14.0. The number of aromatic nitrogens is 2. The molecule has 1 spiro atoms. The van der Waals surface area contributed by atoms with Gasteiger partial charge in [-0.25, -0.2) is 8.78 Å². The highest BCUT2D eigenvalue weighted by Gasteiger charge is 2.48. The lowest BCUT2D eigenvalue weighted by molar-refractivity contribution is -0.146. The van der Waals surface area contributed by atoms with Gasteiger partial charge in [-0.15, -0.1) is 0 Å². The number of amides is 1. The molecule has 1 unspecified atom stereocenters. The van der Waals surface area contributed by atoms with Crippen molar-refractivity contribution < 1.29 is 13.6 Å². The maximum absolute atomic E-state index is 14.0. The van der Waals surface area contributed by atoms with Gasteiger partial charge in [-0.2, -0.15) is 5.10 Å². The van der Waals surface area contributed by atoms with Crippen molar-refractivity contribution in [3.63, 3.8) is 0 Å². The Morgan fingerprint density at radius 1 is 1.11 bits per heavy atom. The third-order valence-electron chi connectivity index (χ3n) is 6.07. The lowest BCUT2D eigenvalue weighted by Crippen LogP contribution is -2.49. The number of aryl methyl sites for hydroxylation is 1. The Labute approximate surface area is 163 Å². The van der Waals surface area contributed by atoms with Crippen LogP contribution in [0.3, 0.4) is 0 Å². The molecule has 2 aliphatic heterocycles. The van der Waals surface area contributed by atoms with Crippen molar-refractivity contribution in [2.24, 2.45) is 5.41 Å². The Morgan fingerprint density at radius 2 is 2.00 bits per heavy atom. The summed E-state index contributed by atoms with van der Waals surface area (Å²) in [5.41, 5.74) is -0.118. The molecule has 0 saturated carbocycles. The number of carbonyl (C=O) groups is 1. The number of carbonyl (C=O) groups excluding carboxylic acids is 1. The van der Waals surface area contributed by atoms with E-state index in [0.717, 1.165) is 57.9 Å². The van der Waals surface area contributed by atoms with Gasteiger partial charge in [0, 0.05) is 44.1 Å². The number of halogens is 2. The quantitative estimate of drug-likeness (QED) is 0.764. The largest absolute Gasteiger partial charge is 0.338 e. The van der Waals surface area contributed by atoms with E-state index in [4.69, 9.17) is 0 Å². The van der Waals surface area contributed by atoms with Crippen molar-refractivity contribution in [2.75, 3.05) is 26.2 Å². The van der Waals surface area contributed by atoms with Crippen molar-refractivity contribution in [3.8, 4) is 0 Å². The van der Waals surface area contributed by atoms with Crippen LogP contribution in [-0.2, 0) is 17.9 Å². The molecule has 150 valence electrons. The summed E-state index contributed by atoms with van der Waals surface area (Å²) in [6.45, 7) is 4.22. The Hall–Kier alpha value is -2.28. The zero-order valence-electron chi connectivity index (χ0n) is 16.0. The van der Waals surface area contributed by atoms with Crippen LogP contribution in [0.5, 0.6) is 0 Å². The third kappa shape index (κ3) is 3.81. The van der Waals surface area contributed by atoms with Gasteiger partial charge in [0.1, 0.15) is 0 Å². The number of rotatable bonds is 6. The summed E-state index contributed by atoms with van der Waals surface area (Å²) in [5, 5.41) is 4.22. The van der Waals surface area contributed by atoms with Crippen LogP contribution < -0.4 is 0 Å². The van der Waals surface area contributed by atoms with Gasteiger partial charge in [0.15, 0.2) is 11.6 Å². The molecular weight excluding hydrogens is 362 g/mol. The molecule has 4 rings (SSSR count). The summed E-state index contributed by atoms with van der Waals surface area (Å²) in [4.78, 5) is 17.3. The summed E-state index contributed by atoms with van der Waals surface area (Å²) >= 11 is 0. The van der Waals surface area contributed by atoms with E-state index in [2.05, 4.69) is 10.00 Å². The fourth-order valence-electron chi connectivity index (χ4n) is 4.60. The summed E-state index contributed by atoms with van der Waals surface area (Å²) in [5.74, 6) is -1.61. The van der Waals surface area contributed by atoms with Crippen LogP contribution in [0.15, 0.2) is 36.7 Å². The first-order valence-corrected chi connectivity index (χ1v) is 9.99. The van der Waals surface area contributed by atoms with E-state index in [1.807, 2.05) is 16.9 Å². The molecule has 0 N–H and O–H groups in total. The molecule has 0 aliphatic carbocycles. The van der Waals surface area contributed by atoms with Crippen LogP contribution in [0.2, 0.25) is 0 Å². The minimum atomic E-state index is -0.860. The zero-order chi connectivity index (χ0) is 19.6. The molecule has 0 bridgehead atoms. The predicted octanol–water partition coefficient (Wildman–Crippen LogP) is 3.07. The second-order valence-electron chi connectivity index (χ2n) is 7.97. The summed E-state index contributed by atoms with van der Waals surface area (Å²) in [6, 6.07) is 6.08. The molecule has 2 aromatic rings. The number of benzene rings is 1. The Bertz CT molecular complexity index is 826. The Kier molecular flexibility index (Phi) is 5.44. The highest BCUT2D eigenvalue weighted by atomic mass is 19.2. The normalized spacial score (nSPS) is 23.1. The van der Waals surface area contributed by atoms with Gasteiger partial charge < -0.3 is 9.80 Å². The van der Waals surface area contributed by atoms with Crippen molar-refractivity contribution in [1.82, 2.24) is 19.6 Å².